The highest BCUT2D eigenvalue weighted by molar-refractivity contribution is 5.77. The molecule has 1 aromatic carbocycles. The van der Waals surface area contributed by atoms with Crippen LogP contribution in [0.15, 0.2) is 12.1 Å². The molecule has 1 atom stereocenters. The maximum atomic E-state index is 11.5. The number of carboxylic acids is 1. The summed E-state index contributed by atoms with van der Waals surface area (Å²) in [6, 6.07) is 3.12. The number of aliphatic hydroxyl groups is 1. The van der Waals surface area contributed by atoms with Crippen molar-refractivity contribution in [3.8, 4) is 17.2 Å². The molecule has 0 radical (unpaired) electrons. The molecule has 1 unspecified atom stereocenters. The van der Waals surface area contributed by atoms with E-state index in [1.54, 1.807) is 12.1 Å². The van der Waals surface area contributed by atoms with Crippen LogP contribution >= 0.6 is 0 Å². The van der Waals surface area contributed by atoms with Crippen molar-refractivity contribution >= 4 is 5.97 Å². The minimum atomic E-state index is -1.26. The lowest BCUT2D eigenvalue weighted by Gasteiger charge is -2.20. The van der Waals surface area contributed by atoms with E-state index in [0.29, 0.717) is 23.7 Å². The first-order valence-electron chi connectivity index (χ1n) is 6.34. The first kappa shape index (κ1) is 17.1. The average Bonchev–Trinajstić information content (AvgIpc) is 2.50. The lowest BCUT2D eigenvalue weighted by atomic mass is 10.1. The van der Waals surface area contributed by atoms with Crippen molar-refractivity contribution in [1.82, 2.24) is 0 Å². The number of hydrogen-bond donors (Lipinski definition) is 2. The number of rotatable bonds is 9. The molecule has 0 saturated heterocycles. The topological polar surface area (TPSA) is 94.5 Å². The Hall–Kier alpha value is -1.99. The minimum absolute atomic E-state index is 0.0801. The molecule has 0 bridgehead atoms. The summed E-state index contributed by atoms with van der Waals surface area (Å²) in [5, 5.41) is 18.1. The van der Waals surface area contributed by atoms with Crippen LogP contribution in [-0.4, -0.2) is 50.7 Å². The fraction of sp³-hybridized carbons (Fsp3) is 0.500. The summed E-state index contributed by atoms with van der Waals surface area (Å²) in [5.74, 6) is -0.105. The lowest BCUT2D eigenvalue weighted by molar-refractivity contribution is -0.151. The first-order valence-corrected chi connectivity index (χ1v) is 6.34. The van der Waals surface area contributed by atoms with Crippen molar-refractivity contribution in [1.29, 1.82) is 0 Å². The molecule has 118 valence electrons. The van der Waals surface area contributed by atoms with Gasteiger partial charge in [-0.05, 0) is 6.42 Å². The van der Waals surface area contributed by atoms with Gasteiger partial charge in [-0.15, -0.1) is 0 Å². The van der Waals surface area contributed by atoms with Gasteiger partial charge in [-0.25, -0.2) is 4.79 Å². The SMILES string of the molecule is COc1cc(OC)c(C(OCCCO)C(=O)O)c(OC)c1. The van der Waals surface area contributed by atoms with Crippen LogP contribution in [0.4, 0.5) is 0 Å². The molecular weight excluding hydrogens is 280 g/mol. The number of carboxylic acid groups (broad SMARTS) is 1. The molecule has 0 aliphatic heterocycles. The molecule has 7 heteroatoms. The van der Waals surface area contributed by atoms with Gasteiger partial charge in [-0.3, -0.25) is 0 Å². The van der Waals surface area contributed by atoms with Crippen LogP contribution < -0.4 is 14.2 Å². The van der Waals surface area contributed by atoms with E-state index in [4.69, 9.17) is 24.1 Å². The van der Waals surface area contributed by atoms with Crippen LogP contribution in [0, 0.1) is 0 Å². The van der Waals surface area contributed by atoms with Gasteiger partial charge in [0, 0.05) is 18.7 Å². The summed E-state index contributed by atoms with van der Waals surface area (Å²) < 4.78 is 20.9. The normalized spacial score (nSPS) is 11.8. The van der Waals surface area contributed by atoms with Gasteiger partial charge in [0.25, 0.3) is 0 Å². The Balaban J connectivity index is 3.24. The van der Waals surface area contributed by atoms with Gasteiger partial charge < -0.3 is 29.2 Å². The number of aliphatic carboxylic acids is 1. The third-order valence-corrected chi connectivity index (χ3v) is 2.83. The van der Waals surface area contributed by atoms with E-state index in [1.165, 1.54) is 21.3 Å². The molecule has 0 aromatic heterocycles. The molecule has 1 rings (SSSR count). The van der Waals surface area contributed by atoms with E-state index in [1.807, 2.05) is 0 Å². The van der Waals surface area contributed by atoms with Crippen LogP contribution in [-0.2, 0) is 9.53 Å². The predicted octanol–water partition coefficient (Wildman–Crippen LogP) is 1.24. The summed E-state index contributed by atoms with van der Waals surface area (Å²) in [6.07, 6.45) is -0.919. The van der Waals surface area contributed by atoms with Crippen LogP contribution in [0.5, 0.6) is 17.2 Å². The third kappa shape index (κ3) is 4.24. The molecule has 0 heterocycles. The molecule has 0 amide bonds. The zero-order valence-electron chi connectivity index (χ0n) is 12.3. The zero-order valence-corrected chi connectivity index (χ0v) is 12.3. The summed E-state index contributed by atoms with van der Waals surface area (Å²) in [7, 11) is 4.33. The number of benzene rings is 1. The number of hydrogen-bond acceptors (Lipinski definition) is 6. The second kappa shape index (κ2) is 8.33. The third-order valence-electron chi connectivity index (χ3n) is 2.83. The molecule has 21 heavy (non-hydrogen) atoms. The molecule has 2 N–H and O–H groups in total. The lowest BCUT2D eigenvalue weighted by Crippen LogP contribution is -2.18. The van der Waals surface area contributed by atoms with E-state index in [-0.39, 0.29) is 18.8 Å². The van der Waals surface area contributed by atoms with Crippen molar-refractivity contribution < 1.29 is 34.0 Å². The van der Waals surface area contributed by atoms with E-state index < -0.39 is 12.1 Å². The highest BCUT2D eigenvalue weighted by Crippen LogP contribution is 2.39. The fourth-order valence-corrected chi connectivity index (χ4v) is 1.83. The predicted molar refractivity (Wildman–Crippen MR) is 74.1 cm³/mol. The maximum absolute atomic E-state index is 11.5. The van der Waals surface area contributed by atoms with E-state index in [2.05, 4.69) is 0 Å². The summed E-state index contributed by atoms with van der Waals surface area (Å²) in [5.41, 5.74) is 0.270. The van der Waals surface area contributed by atoms with Crippen molar-refractivity contribution in [3.63, 3.8) is 0 Å². The van der Waals surface area contributed by atoms with Gasteiger partial charge in [0.05, 0.1) is 33.5 Å². The van der Waals surface area contributed by atoms with E-state index >= 15 is 0 Å². The van der Waals surface area contributed by atoms with Gasteiger partial charge in [0.15, 0.2) is 6.10 Å². The van der Waals surface area contributed by atoms with Crippen molar-refractivity contribution in [2.24, 2.45) is 0 Å². The highest BCUT2D eigenvalue weighted by Gasteiger charge is 2.29. The van der Waals surface area contributed by atoms with Gasteiger partial charge in [0.2, 0.25) is 0 Å². The molecule has 0 aliphatic carbocycles. The van der Waals surface area contributed by atoms with Crippen LogP contribution in [0.25, 0.3) is 0 Å². The molecule has 0 saturated carbocycles. The Bertz CT molecular complexity index is 447. The second-order valence-corrected chi connectivity index (χ2v) is 4.11. The first-order chi connectivity index (χ1) is 10.1. The largest absolute Gasteiger partial charge is 0.496 e. The van der Waals surface area contributed by atoms with Crippen molar-refractivity contribution in [3.05, 3.63) is 17.7 Å². The standard InChI is InChI=1S/C14H20O7/c1-18-9-7-10(19-2)12(11(8-9)20-3)13(14(16)17)21-6-4-5-15/h7-8,13,15H,4-6H2,1-3H3,(H,16,17). The maximum Gasteiger partial charge on any atom is 0.337 e. The smallest absolute Gasteiger partial charge is 0.337 e. The zero-order chi connectivity index (χ0) is 15.8. The molecule has 0 spiro atoms. The Kier molecular flexibility index (Phi) is 6.77. The van der Waals surface area contributed by atoms with E-state index in [0.717, 1.165) is 0 Å². The molecule has 1 aromatic rings. The van der Waals surface area contributed by atoms with Crippen molar-refractivity contribution in [2.45, 2.75) is 12.5 Å². The van der Waals surface area contributed by atoms with Crippen LogP contribution in [0.3, 0.4) is 0 Å². The Morgan fingerprint density at radius 2 is 1.71 bits per heavy atom. The quantitative estimate of drug-likeness (QED) is 0.662. The number of aliphatic hydroxyl groups excluding tert-OH is 1. The number of carbonyl (C=O) groups is 1. The Morgan fingerprint density at radius 1 is 1.14 bits per heavy atom. The van der Waals surface area contributed by atoms with E-state index in [9.17, 15) is 9.90 Å². The fourth-order valence-electron chi connectivity index (χ4n) is 1.83. The molecular formula is C14H20O7. The van der Waals surface area contributed by atoms with Gasteiger partial charge >= 0.3 is 5.97 Å². The van der Waals surface area contributed by atoms with Gasteiger partial charge in [-0.1, -0.05) is 0 Å². The average molecular weight is 300 g/mol. The highest BCUT2D eigenvalue weighted by atomic mass is 16.5. The monoisotopic (exact) mass is 300 g/mol. The molecule has 0 aliphatic rings. The van der Waals surface area contributed by atoms with Crippen molar-refractivity contribution in [2.75, 3.05) is 34.5 Å². The van der Waals surface area contributed by atoms with Gasteiger partial charge in [-0.2, -0.15) is 0 Å². The number of ether oxygens (including phenoxy) is 4. The second-order valence-electron chi connectivity index (χ2n) is 4.11. The molecule has 0 fully saturated rings. The van der Waals surface area contributed by atoms with Crippen LogP contribution in [0.1, 0.15) is 18.1 Å². The summed E-state index contributed by atoms with van der Waals surface area (Å²) in [6.45, 7) is 0.0228. The molecule has 7 nitrogen and oxygen atoms in total. The number of methoxy groups -OCH3 is 3. The Labute approximate surface area is 123 Å². The minimum Gasteiger partial charge on any atom is -0.496 e. The summed E-state index contributed by atoms with van der Waals surface area (Å²) in [4.78, 5) is 11.5. The Morgan fingerprint density at radius 3 is 2.10 bits per heavy atom. The van der Waals surface area contributed by atoms with Crippen LogP contribution in [0.2, 0.25) is 0 Å². The summed E-state index contributed by atoms with van der Waals surface area (Å²) >= 11 is 0. The van der Waals surface area contributed by atoms with Gasteiger partial charge in [0.1, 0.15) is 17.2 Å².